The van der Waals surface area contributed by atoms with E-state index in [0.29, 0.717) is 13.2 Å². The zero-order chi connectivity index (χ0) is 7.82. The van der Waals surface area contributed by atoms with Crippen LogP contribution in [0.1, 0.15) is 26.7 Å². The van der Waals surface area contributed by atoms with E-state index in [9.17, 15) is 0 Å². The van der Waals surface area contributed by atoms with E-state index in [1.165, 1.54) is 0 Å². The molecule has 0 aromatic rings. The highest BCUT2D eigenvalue weighted by Crippen LogP contribution is 1.86. The molecule has 0 amide bonds. The van der Waals surface area contributed by atoms with Crippen LogP contribution >= 0.6 is 0 Å². The summed E-state index contributed by atoms with van der Waals surface area (Å²) < 4.78 is 9.71. The summed E-state index contributed by atoms with van der Waals surface area (Å²) in [6.45, 7) is 5.13. The van der Waals surface area contributed by atoms with Crippen molar-refractivity contribution >= 4 is 6.08 Å². The van der Waals surface area contributed by atoms with Gasteiger partial charge in [0.15, 0.2) is 0 Å². The van der Waals surface area contributed by atoms with Gasteiger partial charge in [0.25, 0.3) is 0 Å². The van der Waals surface area contributed by atoms with Crippen molar-refractivity contribution in [1.29, 1.82) is 5.41 Å². The van der Waals surface area contributed by atoms with E-state index in [1.807, 2.05) is 13.8 Å². The molecule has 0 saturated carbocycles. The molecule has 0 aromatic carbocycles. The fourth-order valence-electron chi connectivity index (χ4n) is 0.431. The molecule has 0 rings (SSSR count). The quantitative estimate of drug-likeness (QED) is 0.484. The summed E-state index contributed by atoms with van der Waals surface area (Å²) >= 11 is 0. The first kappa shape index (κ1) is 9.27. The summed E-state index contributed by atoms with van der Waals surface area (Å²) in [5, 5.41) is 7.05. The highest BCUT2D eigenvalue weighted by Gasteiger charge is 1.94. The van der Waals surface area contributed by atoms with Gasteiger partial charge in [0.1, 0.15) is 0 Å². The predicted octanol–water partition coefficient (Wildman–Crippen LogP) is 1.77. The Morgan fingerprint density at radius 1 is 1.10 bits per heavy atom. The molecule has 0 aliphatic rings. The van der Waals surface area contributed by atoms with Crippen molar-refractivity contribution in [3.05, 3.63) is 0 Å². The van der Waals surface area contributed by atoms with Crippen LogP contribution in [0.5, 0.6) is 0 Å². The van der Waals surface area contributed by atoms with E-state index in [-0.39, 0.29) is 6.08 Å². The van der Waals surface area contributed by atoms with Crippen LogP contribution in [0.4, 0.5) is 0 Å². The van der Waals surface area contributed by atoms with Crippen LogP contribution in [0, 0.1) is 5.41 Å². The van der Waals surface area contributed by atoms with Crippen molar-refractivity contribution in [3.8, 4) is 0 Å². The van der Waals surface area contributed by atoms with Crippen LogP contribution in [0.15, 0.2) is 0 Å². The molecule has 0 aromatic heterocycles. The maximum Gasteiger partial charge on any atom is 0.380 e. The minimum absolute atomic E-state index is 0.0521. The van der Waals surface area contributed by atoms with Gasteiger partial charge >= 0.3 is 6.08 Å². The Labute approximate surface area is 61.8 Å². The van der Waals surface area contributed by atoms with E-state index in [1.54, 1.807) is 0 Å². The summed E-state index contributed by atoms with van der Waals surface area (Å²) in [6, 6.07) is 0. The van der Waals surface area contributed by atoms with Gasteiger partial charge in [-0.1, -0.05) is 13.8 Å². The van der Waals surface area contributed by atoms with Gasteiger partial charge in [-0.15, -0.1) is 0 Å². The first-order valence-corrected chi connectivity index (χ1v) is 3.65. The van der Waals surface area contributed by atoms with Crippen molar-refractivity contribution in [2.45, 2.75) is 26.7 Å². The Morgan fingerprint density at radius 3 is 1.80 bits per heavy atom. The second-order valence-electron chi connectivity index (χ2n) is 1.98. The van der Waals surface area contributed by atoms with Gasteiger partial charge in [-0.25, -0.2) is 5.41 Å². The molecule has 0 fully saturated rings. The van der Waals surface area contributed by atoms with Gasteiger partial charge in [-0.2, -0.15) is 0 Å². The average molecular weight is 145 g/mol. The van der Waals surface area contributed by atoms with Crippen molar-refractivity contribution < 1.29 is 9.47 Å². The molecule has 3 heteroatoms. The molecule has 0 heterocycles. The monoisotopic (exact) mass is 145 g/mol. The molecule has 10 heavy (non-hydrogen) atoms. The van der Waals surface area contributed by atoms with Crippen molar-refractivity contribution in [2.24, 2.45) is 0 Å². The van der Waals surface area contributed by atoms with Crippen LogP contribution in [0.3, 0.4) is 0 Å². The van der Waals surface area contributed by atoms with Gasteiger partial charge in [-0.05, 0) is 12.8 Å². The molecule has 0 radical (unpaired) electrons. The number of rotatable bonds is 4. The summed E-state index contributed by atoms with van der Waals surface area (Å²) in [5.41, 5.74) is 0. The van der Waals surface area contributed by atoms with E-state index in [4.69, 9.17) is 14.9 Å². The Kier molecular flexibility index (Phi) is 5.92. The molecule has 0 bridgehead atoms. The molecule has 0 aliphatic carbocycles. The van der Waals surface area contributed by atoms with Crippen LogP contribution in [0.2, 0.25) is 0 Å². The zero-order valence-electron chi connectivity index (χ0n) is 6.64. The molecular formula is C7H15NO2. The number of ether oxygens (including phenoxy) is 2. The molecule has 0 atom stereocenters. The third kappa shape index (κ3) is 5.41. The minimum Gasteiger partial charge on any atom is -0.451 e. The lowest BCUT2D eigenvalue weighted by atomic mass is 10.5. The first-order chi connectivity index (χ1) is 4.81. The van der Waals surface area contributed by atoms with Crippen molar-refractivity contribution in [3.63, 3.8) is 0 Å². The molecule has 0 unspecified atom stereocenters. The van der Waals surface area contributed by atoms with Gasteiger partial charge in [0.2, 0.25) is 0 Å². The van der Waals surface area contributed by atoms with Crippen LogP contribution in [-0.2, 0) is 9.47 Å². The Morgan fingerprint density at radius 2 is 1.50 bits per heavy atom. The zero-order valence-corrected chi connectivity index (χ0v) is 6.64. The van der Waals surface area contributed by atoms with Crippen LogP contribution in [0.25, 0.3) is 0 Å². The largest absolute Gasteiger partial charge is 0.451 e. The molecule has 1 N–H and O–H groups in total. The lowest BCUT2D eigenvalue weighted by Crippen LogP contribution is -2.09. The van der Waals surface area contributed by atoms with Crippen LogP contribution < -0.4 is 0 Å². The average Bonchev–Trinajstić information content (AvgIpc) is 1.97. The molecule has 0 saturated heterocycles. The molecule has 3 nitrogen and oxygen atoms in total. The maximum atomic E-state index is 7.05. The molecule has 0 aliphatic heterocycles. The van der Waals surface area contributed by atoms with E-state index in [0.717, 1.165) is 12.8 Å². The number of hydrogen-bond acceptors (Lipinski definition) is 3. The summed E-state index contributed by atoms with van der Waals surface area (Å²) in [4.78, 5) is 0. The lowest BCUT2D eigenvalue weighted by molar-refractivity contribution is 0.162. The number of nitrogens with one attached hydrogen (secondary N) is 1. The Hall–Kier alpha value is -0.730. The maximum absolute atomic E-state index is 7.05. The SMILES string of the molecule is CCCOC(=N)OCCC. The van der Waals surface area contributed by atoms with E-state index in [2.05, 4.69) is 0 Å². The first-order valence-electron chi connectivity index (χ1n) is 3.65. The molecule has 0 spiro atoms. The normalized spacial score (nSPS) is 9.00. The van der Waals surface area contributed by atoms with Gasteiger partial charge < -0.3 is 9.47 Å². The third-order valence-corrected chi connectivity index (χ3v) is 0.875. The second-order valence-corrected chi connectivity index (χ2v) is 1.98. The summed E-state index contributed by atoms with van der Waals surface area (Å²) in [5.74, 6) is 0. The summed E-state index contributed by atoms with van der Waals surface area (Å²) in [7, 11) is 0. The fraction of sp³-hybridized carbons (Fsp3) is 0.857. The predicted molar refractivity (Wildman–Crippen MR) is 40.2 cm³/mol. The third-order valence-electron chi connectivity index (χ3n) is 0.875. The fourth-order valence-corrected chi connectivity index (χ4v) is 0.431. The lowest BCUT2D eigenvalue weighted by Gasteiger charge is -2.05. The highest BCUT2D eigenvalue weighted by atomic mass is 16.7. The van der Waals surface area contributed by atoms with Crippen molar-refractivity contribution in [1.82, 2.24) is 0 Å². The Balaban J connectivity index is 3.09. The van der Waals surface area contributed by atoms with Crippen molar-refractivity contribution in [2.75, 3.05) is 13.2 Å². The topological polar surface area (TPSA) is 42.3 Å². The molecule has 60 valence electrons. The van der Waals surface area contributed by atoms with E-state index < -0.39 is 0 Å². The van der Waals surface area contributed by atoms with Gasteiger partial charge in [0, 0.05) is 0 Å². The Bertz CT molecular complexity index is 83.6. The smallest absolute Gasteiger partial charge is 0.380 e. The summed E-state index contributed by atoms with van der Waals surface area (Å²) in [6.07, 6.45) is 1.78. The number of hydrogen-bond donors (Lipinski definition) is 1. The van der Waals surface area contributed by atoms with Crippen LogP contribution in [-0.4, -0.2) is 19.3 Å². The highest BCUT2D eigenvalue weighted by molar-refractivity contribution is 5.62. The standard InChI is InChI=1S/C7H15NO2/c1-3-5-9-7(8)10-6-4-2/h8H,3-6H2,1-2H3. The van der Waals surface area contributed by atoms with Gasteiger partial charge in [0.05, 0.1) is 13.2 Å². The van der Waals surface area contributed by atoms with E-state index >= 15 is 0 Å². The second kappa shape index (κ2) is 6.39. The molecular weight excluding hydrogens is 130 g/mol. The van der Waals surface area contributed by atoms with Gasteiger partial charge in [-0.3, -0.25) is 0 Å². The minimum atomic E-state index is -0.0521.